The SMILES string of the molecule is Cc1ccc(-n2ccn3c(=O)[nH]nc3c2=O)cc1F. The van der Waals surface area contributed by atoms with E-state index >= 15 is 0 Å². The van der Waals surface area contributed by atoms with Crippen molar-refractivity contribution in [2.24, 2.45) is 0 Å². The second kappa shape index (κ2) is 3.91. The maximum atomic E-state index is 13.5. The van der Waals surface area contributed by atoms with Gasteiger partial charge in [-0.25, -0.2) is 18.7 Å². The van der Waals surface area contributed by atoms with Crippen molar-refractivity contribution in [3.8, 4) is 5.69 Å². The summed E-state index contributed by atoms with van der Waals surface area (Å²) in [5.74, 6) is -0.399. The average Bonchev–Trinajstić information content (AvgIpc) is 2.76. The molecule has 0 saturated carbocycles. The van der Waals surface area contributed by atoms with Crippen molar-refractivity contribution in [2.75, 3.05) is 0 Å². The Morgan fingerprint density at radius 3 is 2.79 bits per heavy atom. The van der Waals surface area contributed by atoms with Gasteiger partial charge >= 0.3 is 11.2 Å². The van der Waals surface area contributed by atoms with Crippen molar-refractivity contribution in [3.05, 3.63) is 62.8 Å². The Labute approximate surface area is 105 Å². The van der Waals surface area contributed by atoms with E-state index < -0.39 is 17.1 Å². The van der Waals surface area contributed by atoms with Gasteiger partial charge in [-0.3, -0.25) is 9.36 Å². The minimum atomic E-state index is -0.496. The van der Waals surface area contributed by atoms with Gasteiger partial charge < -0.3 is 0 Å². The van der Waals surface area contributed by atoms with Gasteiger partial charge in [-0.2, -0.15) is 0 Å². The molecule has 0 saturated heterocycles. The molecule has 1 N–H and O–H groups in total. The molecule has 19 heavy (non-hydrogen) atoms. The zero-order chi connectivity index (χ0) is 13.6. The van der Waals surface area contributed by atoms with Gasteiger partial charge in [-0.15, -0.1) is 5.10 Å². The molecule has 0 fully saturated rings. The summed E-state index contributed by atoms with van der Waals surface area (Å²) in [4.78, 5) is 23.5. The Balaban J connectivity index is 2.31. The molecule has 7 heteroatoms. The summed E-state index contributed by atoms with van der Waals surface area (Å²) >= 11 is 0. The molecule has 0 spiro atoms. The topological polar surface area (TPSA) is 72.2 Å². The molecule has 3 rings (SSSR count). The monoisotopic (exact) mass is 260 g/mol. The molecule has 0 aliphatic rings. The van der Waals surface area contributed by atoms with E-state index in [0.29, 0.717) is 11.3 Å². The van der Waals surface area contributed by atoms with Crippen LogP contribution in [0.2, 0.25) is 0 Å². The second-order valence-corrected chi connectivity index (χ2v) is 4.13. The number of benzene rings is 1. The van der Waals surface area contributed by atoms with Crippen molar-refractivity contribution in [3.63, 3.8) is 0 Å². The Bertz CT molecular complexity index is 891. The van der Waals surface area contributed by atoms with E-state index in [9.17, 15) is 14.0 Å². The highest BCUT2D eigenvalue weighted by atomic mass is 19.1. The van der Waals surface area contributed by atoms with Crippen LogP contribution in [-0.4, -0.2) is 19.2 Å². The van der Waals surface area contributed by atoms with Crippen molar-refractivity contribution in [1.82, 2.24) is 19.2 Å². The number of fused-ring (bicyclic) bond motifs is 1. The largest absolute Gasteiger partial charge is 0.347 e. The number of aryl methyl sites for hydroxylation is 1. The van der Waals surface area contributed by atoms with Crippen LogP contribution in [0.15, 0.2) is 40.2 Å². The van der Waals surface area contributed by atoms with E-state index in [1.165, 1.54) is 23.0 Å². The van der Waals surface area contributed by atoms with Crippen LogP contribution in [0.25, 0.3) is 11.3 Å². The number of aromatic amines is 1. The van der Waals surface area contributed by atoms with E-state index in [1.54, 1.807) is 19.1 Å². The smallest absolute Gasteiger partial charge is 0.279 e. The normalized spacial score (nSPS) is 11.1. The van der Waals surface area contributed by atoms with Gasteiger partial charge in [0.2, 0.25) is 5.65 Å². The molecule has 0 aliphatic heterocycles. The van der Waals surface area contributed by atoms with Gasteiger partial charge in [0.1, 0.15) is 5.82 Å². The Morgan fingerprint density at radius 1 is 1.26 bits per heavy atom. The second-order valence-electron chi connectivity index (χ2n) is 4.13. The van der Waals surface area contributed by atoms with E-state index in [2.05, 4.69) is 10.2 Å². The zero-order valence-electron chi connectivity index (χ0n) is 9.92. The fourth-order valence-corrected chi connectivity index (χ4v) is 1.84. The van der Waals surface area contributed by atoms with Crippen molar-refractivity contribution in [1.29, 1.82) is 0 Å². The van der Waals surface area contributed by atoms with Crippen molar-refractivity contribution in [2.45, 2.75) is 6.92 Å². The lowest BCUT2D eigenvalue weighted by atomic mass is 10.2. The molecular weight excluding hydrogens is 251 g/mol. The summed E-state index contributed by atoms with van der Waals surface area (Å²) < 4.78 is 15.9. The van der Waals surface area contributed by atoms with Crippen LogP contribution in [-0.2, 0) is 0 Å². The molecule has 0 bridgehead atoms. The first-order valence-corrected chi connectivity index (χ1v) is 5.53. The van der Waals surface area contributed by atoms with E-state index in [4.69, 9.17) is 0 Å². The Kier molecular flexibility index (Phi) is 2.34. The lowest BCUT2D eigenvalue weighted by Gasteiger charge is -2.06. The summed E-state index contributed by atoms with van der Waals surface area (Å²) in [6.07, 6.45) is 2.80. The lowest BCUT2D eigenvalue weighted by Crippen LogP contribution is -2.22. The number of hydrogen-bond acceptors (Lipinski definition) is 3. The van der Waals surface area contributed by atoms with Gasteiger partial charge in [0.15, 0.2) is 0 Å². The molecule has 2 aromatic heterocycles. The summed E-state index contributed by atoms with van der Waals surface area (Å²) in [5.41, 5.74) is -0.146. The summed E-state index contributed by atoms with van der Waals surface area (Å²) in [6, 6.07) is 4.47. The molecule has 0 radical (unpaired) electrons. The quantitative estimate of drug-likeness (QED) is 0.697. The predicted molar refractivity (Wildman–Crippen MR) is 66.1 cm³/mol. The van der Waals surface area contributed by atoms with Gasteiger partial charge in [0.25, 0.3) is 0 Å². The molecule has 2 heterocycles. The molecule has 0 unspecified atom stereocenters. The van der Waals surface area contributed by atoms with Crippen LogP contribution in [0.1, 0.15) is 5.56 Å². The Hall–Kier alpha value is -2.70. The molecule has 6 nitrogen and oxygen atoms in total. The number of nitrogens with one attached hydrogen (secondary N) is 1. The molecule has 3 aromatic rings. The molecule has 0 aliphatic carbocycles. The summed E-state index contributed by atoms with van der Waals surface area (Å²) in [5, 5.41) is 5.83. The van der Waals surface area contributed by atoms with Crippen molar-refractivity contribution >= 4 is 5.65 Å². The highest BCUT2D eigenvalue weighted by Gasteiger charge is 2.09. The van der Waals surface area contributed by atoms with Gasteiger partial charge in [-0.05, 0) is 24.6 Å². The maximum absolute atomic E-state index is 13.5. The number of halogens is 1. The van der Waals surface area contributed by atoms with Crippen molar-refractivity contribution < 1.29 is 4.39 Å². The highest BCUT2D eigenvalue weighted by Crippen LogP contribution is 2.11. The molecule has 0 amide bonds. The van der Waals surface area contributed by atoms with E-state index in [1.807, 2.05) is 0 Å². The average molecular weight is 260 g/mol. The molecule has 96 valence electrons. The first-order valence-electron chi connectivity index (χ1n) is 5.53. The fourth-order valence-electron chi connectivity index (χ4n) is 1.84. The first kappa shape index (κ1) is 11.4. The minimum Gasteiger partial charge on any atom is -0.279 e. The molecule has 0 atom stereocenters. The third-order valence-electron chi connectivity index (χ3n) is 2.91. The number of rotatable bonds is 1. The molecular formula is C12H9FN4O2. The fraction of sp³-hybridized carbons (Fsp3) is 0.0833. The predicted octanol–water partition coefficient (Wildman–Crippen LogP) is 0.621. The van der Waals surface area contributed by atoms with Gasteiger partial charge in [0, 0.05) is 12.4 Å². The van der Waals surface area contributed by atoms with Gasteiger partial charge in [-0.1, -0.05) is 6.07 Å². The number of aromatic nitrogens is 4. The maximum Gasteiger partial charge on any atom is 0.347 e. The van der Waals surface area contributed by atoms with Crippen LogP contribution in [0.4, 0.5) is 4.39 Å². The zero-order valence-corrected chi connectivity index (χ0v) is 9.92. The third-order valence-corrected chi connectivity index (χ3v) is 2.91. The number of H-pyrrole nitrogens is 1. The van der Waals surface area contributed by atoms with E-state index in [0.717, 1.165) is 4.40 Å². The highest BCUT2D eigenvalue weighted by molar-refractivity contribution is 5.41. The minimum absolute atomic E-state index is 0.0338. The third kappa shape index (κ3) is 1.67. The van der Waals surface area contributed by atoms with E-state index in [-0.39, 0.29) is 5.65 Å². The molecule has 1 aromatic carbocycles. The van der Waals surface area contributed by atoms with Crippen LogP contribution in [0.5, 0.6) is 0 Å². The van der Waals surface area contributed by atoms with Crippen LogP contribution in [0, 0.1) is 12.7 Å². The van der Waals surface area contributed by atoms with Crippen LogP contribution >= 0.6 is 0 Å². The van der Waals surface area contributed by atoms with Crippen LogP contribution < -0.4 is 11.2 Å². The number of hydrogen-bond donors (Lipinski definition) is 1. The summed E-state index contributed by atoms with van der Waals surface area (Å²) in [6.45, 7) is 1.64. The van der Waals surface area contributed by atoms with Gasteiger partial charge in [0.05, 0.1) is 5.69 Å². The summed E-state index contributed by atoms with van der Waals surface area (Å²) in [7, 11) is 0. The standard InChI is InChI=1S/C12H9FN4O2/c1-7-2-3-8(6-9(7)13)16-4-5-17-10(11(16)18)14-15-12(17)19/h2-6H,1H3,(H,15,19). The lowest BCUT2D eigenvalue weighted by molar-refractivity contribution is 0.617. The number of nitrogens with zero attached hydrogens (tertiary/aromatic N) is 3. The first-order chi connectivity index (χ1) is 9.08. The van der Waals surface area contributed by atoms with Crippen LogP contribution in [0.3, 0.4) is 0 Å². The Morgan fingerprint density at radius 2 is 2.05 bits per heavy atom.